The topological polar surface area (TPSA) is 33.6 Å². The van der Waals surface area contributed by atoms with Gasteiger partial charge in [-0.2, -0.15) is 0 Å². The molecule has 1 aliphatic carbocycles. The molecule has 0 amide bonds. The lowest BCUT2D eigenvalue weighted by Gasteiger charge is -2.40. The average molecular weight is 270 g/mol. The SMILES string of the molecule is COC1(CNC2=NCC(CC(C)(C)C)S2)CCC1. The Labute approximate surface area is 115 Å². The third-order valence-electron chi connectivity index (χ3n) is 3.82. The highest BCUT2D eigenvalue weighted by Gasteiger charge is 2.37. The molecule has 0 aromatic heterocycles. The molecule has 4 heteroatoms. The summed E-state index contributed by atoms with van der Waals surface area (Å²) >= 11 is 1.91. The lowest BCUT2D eigenvalue weighted by molar-refractivity contribution is -0.0663. The van der Waals surface area contributed by atoms with Crippen LogP contribution in [-0.4, -0.2) is 36.2 Å². The molecule has 0 bridgehead atoms. The quantitative estimate of drug-likeness (QED) is 0.852. The molecule has 18 heavy (non-hydrogen) atoms. The van der Waals surface area contributed by atoms with Gasteiger partial charge in [0, 0.05) is 18.9 Å². The van der Waals surface area contributed by atoms with Gasteiger partial charge in [0.1, 0.15) is 0 Å². The Morgan fingerprint density at radius 1 is 1.44 bits per heavy atom. The highest BCUT2D eigenvalue weighted by molar-refractivity contribution is 8.14. The second-order valence-corrected chi connectivity index (χ2v) is 8.03. The molecule has 1 N–H and O–H groups in total. The Kier molecular flexibility index (Phi) is 4.27. The normalized spacial score (nSPS) is 26.7. The lowest BCUT2D eigenvalue weighted by atomic mass is 9.80. The van der Waals surface area contributed by atoms with Gasteiger partial charge in [-0.25, -0.2) is 0 Å². The number of amidine groups is 1. The fourth-order valence-electron chi connectivity index (χ4n) is 2.56. The van der Waals surface area contributed by atoms with E-state index in [1.165, 1.54) is 25.7 Å². The number of hydrogen-bond acceptors (Lipinski definition) is 4. The maximum absolute atomic E-state index is 5.61. The van der Waals surface area contributed by atoms with Crippen LogP contribution in [0.3, 0.4) is 0 Å². The average Bonchev–Trinajstić information content (AvgIpc) is 2.62. The van der Waals surface area contributed by atoms with Crippen LogP contribution in [0.2, 0.25) is 0 Å². The number of ether oxygens (including phenoxy) is 1. The first-order valence-electron chi connectivity index (χ1n) is 6.93. The van der Waals surface area contributed by atoms with Gasteiger partial charge in [0.25, 0.3) is 0 Å². The molecule has 0 saturated heterocycles. The summed E-state index contributed by atoms with van der Waals surface area (Å²) in [7, 11) is 1.83. The van der Waals surface area contributed by atoms with Gasteiger partial charge in [0.15, 0.2) is 5.17 Å². The van der Waals surface area contributed by atoms with E-state index in [1.807, 2.05) is 18.9 Å². The van der Waals surface area contributed by atoms with Crippen molar-refractivity contribution in [3.05, 3.63) is 0 Å². The van der Waals surface area contributed by atoms with E-state index >= 15 is 0 Å². The standard InChI is InChI=1S/C14H26N2OS/c1-13(2,3)8-11-9-15-12(18-11)16-10-14(17-4)6-5-7-14/h11H,5-10H2,1-4H3,(H,15,16). The summed E-state index contributed by atoms with van der Waals surface area (Å²) in [4.78, 5) is 4.61. The lowest BCUT2D eigenvalue weighted by Crippen LogP contribution is -2.48. The Hall–Kier alpha value is -0.220. The van der Waals surface area contributed by atoms with Crippen LogP contribution in [0.1, 0.15) is 46.5 Å². The van der Waals surface area contributed by atoms with Crippen molar-refractivity contribution in [1.29, 1.82) is 0 Å². The molecule has 3 nitrogen and oxygen atoms in total. The minimum atomic E-state index is 0.0885. The minimum Gasteiger partial charge on any atom is -0.376 e. The number of thioether (sulfide) groups is 1. The predicted octanol–water partition coefficient (Wildman–Crippen LogP) is 3.05. The molecular weight excluding hydrogens is 244 g/mol. The summed E-state index contributed by atoms with van der Waals surface area (Å²) in [6.07, 6.45) is 4.88. The zero-order chi connectivity index (χ0) is 13.2. The summed E-state index contributed by atoms with van der Waals surface area (Å²) in [6, 6.07) is 0. The van der Waals surface area contributed by atoms with Crippen molar-refractivity contribution < 1.29 is 4.74 Å². The monoisotopic (exact) mass is 270 g/mol. The molecule has 1 fully saturated rings. The summed E-state index contributed by atoms with van der Waals surface area (Å²) in [5.41, 5.74) is 0.482. The molecule has 0 spiro atoms. The van der Waals surface area contributed by atoms with Crippen LogP contribution < -0.4 is 5.32 Å². The van der Waals surface area contributed by atoms with Gasteiger partial charge in [-0.3, -0.25) is 4.99 Å². The predicted molar refractivity (Wildman–Crippen MR) is 79.3 cm³/mol. The van der Waals surface area contributed by atoms with Crippen LogP contribution in [0.15, 0.2) is 4.99 Å². The van der Waals surface area contributed by atoms with Crippen LogP contribution in [0.25, 0.3) is 0 Å². The van der Waals surface area contributed by atoms with Gasteiger partial charge < -0.3 is 10.1 Å². The van der Waals surface area contributed by atoms with Gasteiger partial charge in [-0.05, 0) is 31.1 Å². The first kappa shape index (κ1) is 14.2. The number of methoxy groups -OCH3 is 1. The van der Waals surface area contributed by atoms with E-state index in [4.69, 9.17) is 4.74 Å². The molecule has 0 aromatic carbocycles. The van der Waals surface area contributed by atoms with Crippen LogP contribution in [0, 0.1) is 5.41 Å². The van der Waals surface area contributed by atoms with E-state index in [0.29, 0.717) is 10.7 Å². The molecule has 1 unspecified atom stereocenters. The van der Waals surface area contributed by atoms with Crippen molar-refractivity contribution in [2.45, 2.75) is 57.3 Å². The Morgan fingerprint density at radius 2 is 2.17 bits per heavy atom. The smallest absolute Gasteiger partial charge is 0.157 e. The van der Waals surface area contributed by atoms with Crippen molar-refractivity contribution in [3.63, 3.8) is 0 Å². The second kappa shape index (κ2) is 5.41. The highest BCUT2D eigenvalue weighted by Crippen LogP contribution is 2.35. The maximum Gasteiger partial charge on any atom is 0.157 e. The van der Waals surface area contributed by atoms with Crippen LogP contribution in [0.4, 0.5) is 0 Å². The molecule has 2 aliphatic rings. The Balaban J connectivity index is 1.72. The third kappa shape index (κ3) is 3.64. The van der Waals surface area contributed by atoms with Crippen LogP contribution >= 0.6 is 11.8 Å². The van der Waals surface area contributed by atoms with Gasteiger partial charge in [0.05, 0.1) is 12.1 Å². The van der Waals surface area contributed by atoms with E-state index in [1.54, 1.807) is 0 Å². The zero-order valence-corrected chi connectivity index (χ0v) is 12.9. The number of rotatable bonds is 4. The first-order valence-corrected chi connectivity index (χ1v) is 7.81. The summed E-state index contributed by atoms with van der Waals surface area (Å²) in [5, 5.41) is 5.24. The Morgan fingerprint density at radius 3 is 2.67 bits per heavy atom. The van der Waals surface area contributed by atoms with E-state index < -0.39 is 0 Å². The Bertz CT molecular complexity index is 313. The van der Waals surface area contributed by atoms with E-state index in [0.717, 1.165) is 18.3 Å². The summed E-state index contributed by atoms with van der Waals surface area (Å²) in [5.74, 6) is 0. The molecular formula is C14H26N2OS. The van der Waals surface area contributed by atoms with E-state index in [-0.39, 0.29) is 5.60 Å². The molecule has 1 heterocycles. The van der Waals surface area contributed by atoms with Gasteiger partial charge in [0.2, 0.25) is 0 Å². The van der Waals surface area contributed by atoms with E-state index in [2.05, 4.69) is 31.1 Å². The molecule has 0 radical (unpaired) electrons. The van der Waals surface area contributed by atoms with Gasteiger partial charge >= 0.3 is 0 Å². The molecule has 1 atom stereocenters. The second-order valence-electron chi connectivity index (χ2n) is 6.74. The number of aliphatic imine (C=N–C) groups is 1. The van der Waals surface area contributed by atoms with Gasteiger partial charge in [-0.1, -0.05) is 32.5 Å². The largest absolute Gasteiger partial charge is 0.376 e. The number of nitrogens with one attached hydrogen (secondary N) is 1. The number of hydrogen-bond donors (Lipinski definition) is 1. The maximum atomic E-state index is 5.61. The van der Waals surface area contributed by atoms with Crippen molar-refractivity contribution in [3.8, 4) is 0 Å². The molecule has 2 rings (SSSR count). The first-order chi connectivity index (χ1) is 8.42. The molecule has 1 saturated carbocycles. The molecule has 0 aromatic rings. The zero-order valence-electron chi connectivity index (χ0n) is 12.1. The fourth-order valence-corrected chi connectivity index (χ4v) is 3.92. The summed E-state index contributed by atoms with van der Waals surface area (Å²) < 4.78 is 5.61. The highest BCUT2D eigenvalue weighted by atomic mass is 32.2. The minimum absolute atomic E-state index is 0.0885. The fraction of sp³-hybridized carbons (Fsp3) is 0.929. The molecule has 1 aliphatic heterocycles. The summed E-state index contributed by atoms with van der Waals surface area (Å²) in [6.45, 7) is 8.77. The van der Waals surface area contributed by atoms with Crippen molar-refractivity contribution in [2.75, 3.05) is 20.2 Å². The van der Waals surface area contributed by atoms with Crippen molar-refractivity contribution in [2.24, 2.45) is 10.4 Å². The number of nitrogens with zero attached hydrogens (tertiary/aromatic N) is 1. The van der Waals surface area contributed by atoms with Crippen molar-refractivity contribution in [1.82, 2.24) is 5.32 Å². The van der Waals surface area contributed by atoms with Crippen molar-refractivity contribution >= 4 is 16.9 Å². The molecule has 104 valence electrons. The third-order valence-corrected chi connectivity index (χ3v) is 4.96. The van der Waals surface area contributed by atoms with Crippen LogP contribution in [0.5, 0.6) is 0 Å². The van der Waals surface area contributed by atoms with Gasteiger partial charge in [-0.15, -0.1) is 0 Å². The van der Waals surface area contributed by atoms with E-state index in [9.17, 15) is 0 Å². The van der Waals surface area contributed by atoms with Crippen LogP contribution in [-0.2, 0) is 4.74 Å².